The lowest BCUT2D eigenvalue weighted by molar-refractivity contribution is 0.0779. The topological polar surface area (TPSA) is 46.1 Å². The normalized spacial score (nSPS) is 10.5. The van der Waals surface area contributed by atoms with Gasteiger partial charge in [0, 0.05) is 31.4 Å². The fourth-order valence-corrected chi connectivity index (χ4v) is 2.22. The highest BCUT2D eigenvalue weighted by molar-refractivity contribution is 5.94. The number of pyridine rings is 2. The predicted molar refractivity (Wildman–Crippen MR) is 81.8 cm³/mol. The van der Waals surface area contributed by atoms with Crippen molar-refractivity contribution in [2.45, 2.75) is 6.54 Å². The minimum atomic E-state index is -0.0930. The summed E-state index contributed by atoms with van der Waals surface area (Å²) in [6.07, 6.45) is 3.48. The number of hydrogen-bond acceptors (Lipinski definition) is 3. The summed E-state index contributed by atoms with van der Waals surface area (Å²) < 4.78 is 0. The number of carbonyl (C=O) groups is 1. The Labute approximate surface area is 123 Å². The first kappa shape index (κ1) is 13.2. The van der Waals surface area contributed by atoms with Crippen LogP contribution in [0.4, 0.5) is 0 Å². The number of hydrogen-bond donors (Lipinski definition) is 0. The molecular weight excluding hydrogens is 262 g/mol. The van der Waals surface area contributed by atoms with Gasteiger partial charge in [0.15, 0.2) is 0 Å². The van der Waals surface area contributed by atoms with Crippen molar-refractivity contribution in [3.8, 4) is 0 Å². The van der Waals surface area contributed by atoms with Crippen LogP contribution in [-0.2, 0) is 6.54 Å². The minimum Gasteiger partial charge on any atom is -0.336 e. The number of amides is 1. The number of aromatic nitrogens is 2. The van der Waals surface area contributed by atoms with E-state index in [0.717, 1.165) is 16.5 Å². The molecule has 0 atom stereocenters. The summed E-state index contributed by atoms with van der Waals surface area (Å²) in [6.45, 7) is 0.515. The summed E-state index contributed by atoms with van der Waals surface area (Å²) in [5.41, 5.74) is 2.28. The molecule has 4 heteroatoms. The Morgan fingerprint density at radius 2 is 1.95 bits per heavy atom. The molecule has 0 aliphatic heterocycles. The molecule has 0 unspecified atom stereocenters. The number of para-hydroxylation sites is 1. The van der Waals surface area contributed by atoms with Crippen LogP contribution in [0, 0.1) is 0 Å². The van der Waals surface area contributed by atoms with Gasteiger partial charge in [0.2, 0.25) is 0 Å². The summed E-state index contributed by atoms with van der Waals surface area (Å²) in [5.74, 6) is -0.0930. The van der Waals surface area contributed by atoms with Crippen LogP contribution >= 0.6 is 0 Å². The molecule has 4 nitrogen and oxygen atoms in total. The molecule has 0 saturated carbocycles. The van der Waals surface area contributed by atoms with Gasteiger partial charge in [0.05, 0.1) is 5.52 Å². The van der Waals surface area contributed by atoms with E-state index in [1.807, 2.05) is 42.5 Å². The third kappa shape index (κ3) is 2.89. The van der Waals surface area contributed by atoms with Gasteiger partial charge in [-0.05, 0) is 23.8 Å². The van der Waals surface area contributed by atoms with E-state index in [9.17, 15) is 4.79 Å². The van der Waals surface area contributed by atoms with Gasteiger partial charge in [-0.3, -0.25) is 9.78 Å². The molecule has 3 aromatic rings. The van der Waals surface area contributed by atoms with Crippen molar-refractivity contribution < 1.29 is 4.79 Å². The maximum atomic E-state index is 12.4. The van der Waals surface area contributed by atoms with Gasteiger partial charge in [-0.15, -0.1) is 0 Å². The van der Waals surface area contributed by atoms with Gasteiger partial charge < -0.3 is 4.90 Å². The van der Waals surface area contributed by atoms with Gasteiger partial charge in [-0.25, -0.2) is 4.98 Å². The van der Waals surface area contributed by atoms with Crippen molar-refractivity contribution >= 4 is 16.8 Å². The highest BCUT2D eigenvalue weighted by Gasteiger charge is 2.13. The second kappa shape index (κ2) is 5.71. The van der Waals surface area contributed by atoms with Gasteiger partial charge in [0.1, 0.15) is 5.69 Å². The molecule has 2 aromatic heterocycles. The molecule has 0 radical (unpaired) electrons. The van der Waals surface area contributed by atoms with Gasteiger partial charge in [0.25, 0.3) is 5.91 Å². The zero-order valence-corrected chi connectivity index (χ0v) is 11.7. The number of benzene rings is 1. The van der Waals surface area contributed by atoms with E-state index >= 15 is 0 Å². The average Bonchev–Trinajstić information content (AvgIpc) is 2.54. The lowest BCUT2D eigenvalue weighted by Gasteiger charge is -2.16. The zero-order chi connectivity index (χ0) is 14.7. The molecule has 3 rings (SSSR count). The SMILES string of the molecule is CN(Cc1cccnc1)C(=O)c1ccc2ccccc2n1. The Kier molecular flexibility index (Phi) is 3.60. The van der Waals surface area contributed by atoms with Crippen LogP contribution in [0.1, 0.15) is 16.1 Å². The van der Waals surface area contributed by atoms with Gasteiger partial charge >= 0.3 is 0 Å². The quantitative estimate of drug-likeness (QED) is 0.739. The molecule has 0 saturated heterocycles. The van der Waals surface area contributed by atoms with Crippen LogP contribution in [-0.4, -0.2) is 27.8 Å². The molecule has 104 valence electrons. The number of rotatable bonds is 3. The highest BCUT2D eigenvalue weighted by Crippen LogP contribution is 2.13. The lowest BCUT2D eigenvalue weighted by atomic mass is 10.2. The summed E-state index contributed by atoms with van der Waals surface area (Å²) in [4.78, 5) is 22.6. The number of fused-ring (bicyclic) bond motifs is 1. The third-order valence-corrected chi connectivity index (χ3v) is 3.31. The first-order chi connectivity index (χ1) is 10.2. The fraction of sp³-hybridized carbons (Fsp3) is 0.118. The largest absolute Gasteiger partial charge is 0.336 e. The van der Waals surface area contributed by atoms with E-state index in [0.29, 0.717) is 12.2 Å². The second-order valence-electron chi connectivity index (χ2n) is 4.91. The molecule has 0 N–H and O–H groups in total. The maximum Gasteiger partial charge on any atom is 0.272 e. The van der Waals surface area contributed by atoms with Crippen molar-refractivity contribution in [2.24, 2.45) is 0 Å². The van der Waals surface area contributed by atoms with Crippen LogP contribution in [0.5, 0.6) is 0 Å². The molecule has 0 spiro atoms. The first-order valence-corrected chi connectivity index (χ1v) is 6.74. The molecule has 0 aliphatic rings. The van der Waals surface area contributed by atoms with Crippen molar-refractivity contribution in [3.63, 3.8) is 0 Å². The van der Waals surface area contributed by atoms with Crippen LogP contribution in [0.15, 0.2) is 60.9 Å². The smallest absolute Gasteiger partial charge is 0.272 e. The number of carbonyl (C=O) groups excluding carboxylic acids is 1. The van der Waals surface area contributed by atoms with Crippen molar-refractivity contribution in [3.05, 3.63) is 72.2 Å². The molecule has 21 heavy (non-hydrogen) atoms. The summed E-state index contributed by atoms with van der Waals surface area (Å²) in [7, 11) is 1.77. The standard InChI is InChI=1S/C17H15N3O/c1-20(12-13-5-4-10-18-11-13)17(21)16-9-8-14-6-2-3-7-15(14)19-16/h2-11H,12H2,1H3. The minimum absolute atomic E-state index is 0.0930. The van der Waals surface area contributed by atoms with Crippen molar-refractivity contribution in [1.29, 1.82) is 0 Å². The lowest BCUT2D eigenvalue weighted by Crippen LogP contribution is -2.27. The highest BCUT2D eigenvalue weighted by atomic mass is 16.2. The van der Waals surface area contributed by atoms with Gasteiger partial charge in [-0.2, -0.15) is 0 Å². The van der Waals surface area contributed by atoms with E-state index < -0.39 is 0 Å². The molecule has 1 amide bonds. The fourth-order valence-electron chi connectivity index (χ4n) is 2.22. The third-order valence-electron chi connectivity index (χ3n) is 3.31. The monoisotopic (exact) mass is 277 g/mol. The molecule has 0 bridgehead atoms. The Morgan fingerprint density at radius 3 is 2.76 bits per heavy atom. The maximum absolute atomic E-state index is 12.4. The van der Waals surface area contributed by atoms with Crippen LogP contribution in [0.2, 0.25) is 0 Å². The molecule has 0 aliphatic carbocycles. The first-order valence-electron chi connectivity index (χ1n) is 6.74. The molecule has 2 heterocycles. The number of nitrogens with zero attached hydrogens (tertiary/aromatic N) is 3. The van der Waals surface area contributed by atoms with E-state index in [4.69, 9.17) is 0 Å². The van der Waals surface area contributed by atoms with Crippen molar-refractivity contribution in [2.75, 3.05) is 7.05 Å². The van der Waals surface area contributed by atoms with E-state index in [1.165, 1.54) is 0 Å². The predicted octanol–water partition coefficient (Wildman–Crippen LogP) is 2.90. The van der Waals surface area contributed by atoms with Crippen LogP contribution in [0.25, 0.3) is 10.9 Å². The second-order valence-corrected chi connectivity index (χ2v) is 4.91. The van der Waals surface area contributed by atoms with E-state index in [-0.39, 0.29) is 5.91 Å². The average molecular weight is 277 g/mol. The van der Waals surface area contributed by atoms with Gasteiger partial charge in [-0.1, -0.05) is 30.3 Å². The van der Waals surface area contributed by atoms with Crippen LogP contribution < -0.4 is 0 Å². The van der Waals surface area contributed by atoms with Crippen LogP contribution in [0.3, 0.4) is 0 Å². The summed E-state index contributed by atoms with van der Waals surface area (Å²) in [6, 6.07) is 15.3. The Hall–Kier alpha value is -2.75. The zero-order valence-electron chi connectivity index (χ0n) is 11.7. The molecule has 1 aromatic carbocycles. The Morgan fingerprint density at radius 1 is 1.10 bits per heavy atom. The summed E-state index contributed by atoms with van der Waals surface area (Å²) >= 11 is 0. The molecule has 0 fully saturated rings. The summed E-state index contributed by atoms with van der Waals surface area (Å²) in [5, 5.41) is 1.03. The van der Waals surface area contributed by atoms with E-state index in [1.54, 1.807) is 30.4 Å². The molecular formula is C17H15N3O. The Bertz CT molecular complexity index is 771. The van der Waals surface area contributed by atoms with Crippen molar-refractivity contribution in [1.82, 2.24) is 14.9 Å². The van der Waals surface area contributed by atoms with E-state index in [2.05, 4.69) is 9.97 Å². The Balaban J connectivity index is 1.82.